The van der Waals surface area contributed by atoms with Crippen LogP contribution in [0.4, 0.5) is 5.82 Å². The van der Waals surface area contributed by atoms with Crippen molar-refractivity contribution in [2.75, 3.05) is 39.1 Å². The Morgan fingerprint density at radius 1 is 1.36 bits per heavy atom. The number of nitrogens with one attached hydrogen (secondary N) is 2. The number of aryl methyl sites for hydroxylation is 1. The van der Waals surface area contributed by atoms with Crippen molar-refractivity contribution in [1.82, 2.24) is 24.8 Å². The predicted molar refractivity (Wildman–Crippen MR) is 94.4 cm³/mol. The van der Waals surface area contributed by atoms with Gasteiger partial charge in [-0.1, -0.05) is 0 Å². The van der Waals surface area contributed by atoms with Crippen LogP contribution in [0.2, 0.25) is 0 Å². The van der Waals surface area contributed by atoms with E-state index in [2.05, 4.69) is 32.5 Å². The van der Waals surface area contributed by atoms with Crippen LogP contribution in [0.25, 0.3) is 0 Å². The van der Waals surface area contributed by atoms with Crippen LogP contribution in [0, 0.1) is 0 Å². The summed E-state index contributed by atoms with van der Waals surface area (Å²) < 4.78 is 7.93. The van der Waals surface area contributed by atoms with E-state index in [0.717, 1.165) is 18.1 Å². The van der Waals surface area contributed by atoms with Gasteiger partial charge in [0, 0.05) is 39.6 Å². The molecule has 1 amide bonds. The summed E-state index contributed by atoms with van der Waals surface area (Å²) in [5, 5.41) is 5.89. The summed E-state index contributed by atoms with van der Waals surface area (Å²) in [4.78, 5) is 23.0. The zero-order valence-corrected chi connectivity index (χ0v) is 14.8. The van der Waals surface area contributed by atoms with Crippen LogP contribution < -0.4 is 10.6 Å². The van der Waals surface area contributed by atoms with Gasteiger partial charge in [0.1, 0.15) is 5.82 Å². The van der Waals surface area contributed by atoms with Gasteiger partial charge in [0.15, 0.2) is 0 Å². The van der Waals surface area contributed by atoms with Crippen molar-refractivity contribution in [3.05, 3.63) is 42.1 Å². The smallest absolute Gasteiger partial charge is 0.252 e. The molecule has 2 aromatic rings. The highest BCUT2D eigenvalue weighted by molar-refractivity contribution is 5.94. The van der Waals surface area contributed by atoms with Crippen molar-refractivity contribution in [3.8, 4) is 0 Å². The van der Waals surface area contributed by atoms with Gasteiger partial charge < -0.3 is 19.9 Å². The van der Waals surface area contributed by atoms with Crippen molar-refractivity contribution >= 4 is 11.7 Å². The average molecular weight is 344 g/mol. The molecule has 8 heteroatoms. The first kappa shape index (κ1) is 17.4. The molecule has 1 aliphatic rings. The Morgan fingerprint density at radius 2 is 2.20 bits per heavy atom. The van der Waals surface area contributed by atoms with Crippen LogP contribution in [0.1, 0.15) is 22.1 Å². The molecule has 0 aliphatic carbocycles. The highest BCUT2D eigenvalue weighted by Crippen LogP contribution is 2.27. The standard InChI is InChI=1S/C17H24N6O2/c1-18-15-5-4-12(8-20-15)17(24)21-10-14-16(22(2)6-7-25-14)13-9-19-11-23(13)3/h4-5,8-9,11,14,16H,6-7,10H2,1-3H3,(H,18,20)(H,21,24)/t14-,16-/m0/s1. The molecule has 2 atom stereocenters. The minimum Gasteiger partial charge on any atom is -0.373 e. The molecule has 0 bridgehead atoms. The van der Waals surface area contributed by atoms with Gasteiger partial charge in [-0.25, -0.2) is 9.97 Å². The van der Waals surface area contributed by atoms with Gasteiger partial charge in [-0.15, -0.1) is 0 Å². The summed E-state index contributed by atoms with van der Waals surface area (Å²) in [5.74, 6) is 0.570. The maximum absolute atomic E-state index is 12.4. The van der Waals surface area contributed by atoms with Gasteiger partial charge in [0.05, 0.1) is 36.3 Å². The Kier molecular flexibility index (Phi) is 5.30. The Hall–Kier alpha value is -2.45. The molecular weight excluding hydrogens is 320 g/mol. The molecule has 2 aromatic heterocycles. The van der Waals surface area contributed by atoms with Crippen molar-refractivity contribution in [2.45, 2.75) is 12.1 Å². The molecular formula is C17H24N6O2. The summed E-state index contributed by atoms with van der Waals surface area (Å²) in [5.41, 5.74) is 1.60. The SMILES string of the molecule is CNc1ccc(C(=O)NC[C@@H]2OCCN(C)[C@H]2c2cncn2C)cn1. The molecule has 0 unspecified atom stereocenters. The molecule has 3 heterocycles. The van der Waals surface area contributed by atoms with Crippen LogP contribution >= 0.6 is 0 Å². The highest BCUT2D eigenvalue weighted by atomic mass is 16.5. The third kappa shape index (κ3) is 3.80. The fourth-order valence-electron chi connectivity index (χ4n) is 3.07. The number of imidazole rings is 1. The molecule has 0 spiro atoms. The molecule has 1 fully saturated rings. The van der Waals surface area contributed by atoms with Gasteiger partial charge in [0.2, 0.25) is 0 Å². The number of aromatic nitrogens is 3. The molecule has 2 N–H and O–H groups in total. The monoisotopic (exact) mass is 344 g/mol. The zero-order chi connectivity index (χ0) is 17.8. The topological polar surface area (TPSA) is 84.3 Å². The second-order valence-corrected chi connectivity index (χ2v) is 6.16. The zero-order valence-electron chi connectivity index (χ0n) is 14.8. The highest BCUT2D eigenvalue weighted by Gasteiger charge is 2.33. The first-order valence-corrected chi connectivity index (χ1v) is 8.30. The third-order valence-corrected chi connectivity index (χ3v) is 4.51. The lowest BCUT2D eigenvalue weighted by Gasteiger charge is -2.39. The number of carbonyl (C=O) groups is 1. The molecule has 0 aromatic carbocycles. The molecule has 134 valence electrons. The number of anilines is 1. The van der Waals surface area contributed by atoms with E-state index < -0.39 is 0 Å². The lowest BCUT2D eigenvalue weighted by molar-refractivity contribution is -0.0626. The van der Waals surface area contributed by atoms with E-state index in [1.54, 1.807) is 31.7 Å². The number of morpholine rings is 1. The van der Waals surface area contributed by atoms with Crippen LogP contribution in [-0.2, 0) is 11.8 Å². The lowest BCUT2D eigenvalue weighted by Crippen LogP contribution is -2.48. The van der Waals surface area contributed by atoms with Gasteiger partial charge in [-0.2, -0.15) is 0 Å². The minimum absolute atomic E-state index is 0.0475. The van der Waals surface area contributed by atoms with Gasteiger partial charge in [-0.05, 0) is 19.2 Å². The van der Waals surface area contributed by atoms with Crippen LogP contribution in [0.3, 0.4) is 0 Å². The molecule has 1 aliphatic heterocycles. The molecule has 0 saturated carbocycles. The second kappa shape index (κ2) is 7.62. The summed E-state index contributed by atoms with van der Waals surface area (Å²) in [6.45, 7) is 1.91. The molecule has 0 radical (unpaired) electrons. The van der Waals surface area contributed by atoms with Crippen molar-refractivity contribution in [2.24, 2.45) is 7.05 Å². The lowest BCUT2D eigenvalue weighted by atomic mass is 10.0. The first-order chi connectivity index (χ1) is 12.1. The number of hydrogen-bond acceptors (Lipinski definition) is 6. The van der Waals surface area contributed by atoms with E-state index >= 15 is 0 Å². The maximum atomic E-state index is 12.4. The predicted octanol–water partition coefficient (Wildman–Crippen LogP) is 0.659. The number of likely N-dealkylation sites (N-methyl/N-ethyl adjacent to an activating group) is 1. The normalized spacial score (nSPS) is 21.1. The fraction of sp³-hybridized carbons (Fsp3) is 0.471. The van der Waals surface area contributed by atoms with E-state index in [9.17, 15) is 4.79 Å². The molecule has 25 heavy (non-hydrogen) atoms. The van der Waals surface area contributed by atoms with Crippen molar-refractivity contribution in [3.63, 3.8) is 0 Å². The number of pyridine rings is 1. The number of nitrogens with zero attached hydrogens (tertiary/aromatic N) is 4. The minimum atomic E-state index is -0.157. The van der Waals surface area contributed by atoms with Crippen molar-refractivity contribution in [1.29, 1.82) is 0 Å². The third-order valence-electron chi connectivity index (χ3n) is 4.51. The molecule has 1 saturated heterocycles. The number of carbonyl (C=O) groups excluding carboxylic acids is 1. The second-order valence-electron chi connectivity index (χ2n) is 6.16. The maximum Gasteiger partial charge on any atom is 0.252 e. The largest absolute Gasteiger partial charge is 0.373 e. The van der Waals surface area contributed by atoms with Gasteiger partial charge in [-0.3, -0.25) is 9.69 Å². The first-order valence-electron chi connectivity index (χ1n) is 8.30. The number of amides is 1. The van der Waals surface area contributed by atoms with Crippen LogP contribution in [-0.4, -0.2) is 65.2 Å². The molecule has 8 nitrogen and oxygen atoms in total. The van der Waals surface area contributed by atoms with Crippen LogP contribution in [0.5, 0.6) is 0 Å². The Bertz CT molecular complexity index is 714. The average Bonchev–Trinajstić information content (AvgIpc) is 3.05. The van der Waals surface area contributed by atoms with Crippen LogP contribution in [0.15, 0.2) is 30.9 Å². The van der Waals surface area contributed by atoms with Crippen molar-refractivity contribution < 1.29 is 9.53 Å². The van der Waals surface area contributed by atoms with E-state index in [4.69, 9.17) is 4.74 Å². The Labute approximate surface area is 147 Å². The summed E-state index contributed by atoms with van der Waals surface area (Å²) in [6.07, 6.45) is 5.06. The quantitative estimate of drug-likeness (QED) is 0.829. The van der Waals surface area contributed by atoms with E-state index in [1.165, 1.54) is 0 Å². The van der Waals surface area contributed by atoms with E-state index in [1.807, 2.05) is 17.8 Å². The summed E-state index contributed by atoms with van der Waals surface area (Å²) in [6, 6.07) is 3.57. The number of rotatable bonds is 5. The number of hydrogen-bond donors (Lipinski definition) is 2. The molecule has 3 rings (SSSR count). The van der Waals surface area contributed by atoms with Gasteiger partial charge in [0.25, 0.3) is 5.91 Å². The summed E-state index contributed by atoms with van der Waals surface area (Å²) in [7, 11) is 5.82. The Morgan fingerprint density at radius 3 is 2.84 bits per heavy atom. The number of ether oxygens (including phenoxy) is 1. The van der Waals surface area contributed by atoms with E-state index in [0.29, 0.717) is 18.7 Å². The summed E-state index contributed by atoms with van der Waals surface area (Å²) >= 11 is 0. The Balaban J connectivity index is 1.67. The van der Waals surface area contributed by atoms with E-state index in [-0.39, 0.29) is 18.1 Å². The fourth-order valence-corrected chi connectivity index (χ4v) is 3.07. The van der Waals surface area contributed by atoms with Gasteiger partial charge >= 0.3 is 0 Å².